The highest BCUT2D eigenvalue weighted by Gasteiger charge is 2.26. The van der Waals surface area contributed by atoms with Crippen molar-refractivity contribution >= 4 is 6.03 Å². The van der Waals surface area contributed by atoms with Gasteiger partial charge in [0.15, 0.2) is 0 Å². The maximum absolute atomic E-state index is 12.0. The van der Waals surface area contributed by atoms with Crippen molar-refractivity contribution in [3.63, 3.8) is 0 Å². The molecule has 19 heavy (non-hydrogen) atoms. The number of hydrogen-bond donors (Lipinski definition) is 3. The molecule has 0 aromatic heterocycles. The van der Waals surface area contributed by atoms with Crippen molar-refractivity contribution in [2.75, 3.05) is 26.2 Å². The molecule has 1 aliphatic heterocycles. The lowest BCUT2D eigenvalue weighted by Crippen LogP contribution is -2.55. The largest absolute Gasteiger partial charge is 0.394 e. The van der Waals surface area contributed by atoms with Crippen molar-refractivity contribution in [3.8, 4) is 0 Å². The third kappa shape index (κ3) is 5.37. The van der Waals surface area contributed by atoms with Crippen LogP contribution in [0.2, 0.25) is 0 Å². The molecule has 1 rings (SSSR count). The zero-order chi connectivity index (χ0) is 14.3. The standard InChI is InChI=1S/C14H29N3O2/c1-4-8-14(3,11-18)16-13(19)15-12-6-9-17(5-2)10-7-12/h12,18H,4-11H2,1-3H3,(H2,15,16,19). The number of hydrogen-bond acceptors (Lipinski definition) is 3. The number of nitrogens with one attached hydrogen (secondary N) is 2. The van der Waals surface area contributed by atoms with Gasteiger partial charge in [0.25, 0.3) is 0 Å². The van der Waals surface area contributed by atoms with Crippen LogP contribution in [0.4, 0.5) is 4.79 Å². The molecule has 0 radical (unpaired) electrons. The molecule has 0 bridgehead atoms. The Kier molecular flexibility index (Phi) is 6.58. The normalized spacial score (nSPS) is 20.8. The number of rotatable bonds is 6. The number of amides is 2. The van der Waals surface area contributed by atoms with Crippen molar-refractivity contribution in [1.29, 1.82) is 0 Å². The first kappa shape index (κ1) is 16.2. The summed E-state index contributed by atoms with van der Waals surface area (Å²) < 4.78 is 0. The summed E-state index contributed by atoms with van der Waals surface area (Å²) in [6.45, 7) is 9.25. The maximum atomic E-state index is 12.0. The van der Waals surface area contributed by atoms with Crippen LogP contribution in [0.15, 0.2) is 0 Å². The molecule has 1 aliphatic rings. The highest BCUT2D eigenvalue weighted by atomic mass is 16.3. The molecule has 0 aliphatic carbocycles. The van der Waals surface area contributed by atoms with Crippen molar-refractivity contribution in [1.82, 2.24) is 15.5 Å². The fourth-order valence-electron chi connectivity index (χ4n) is 2.62. The molecule has 1 unspecified atom stereocenters. The molecule has 112 valence electrons. The van der Waals surface area contributed by atoms with E-state index in [1.165, 1.54) is 0 Å². The molecule has 2 amide bonds. The van der Waals surface area contributed by atoms with E-state index in [0.717, 1.165) is 45.3 Å². The van der Waals surface area contributed by atoms with Gasteiger partial charge in [-0.05, 0) is 32.7 Å². The van der Waals surface area contributed by atoms with E-state index in [-0.39, 0.29) is 18.7 Å². The van der Waals surface area contributed by atoms with Crippen molar-refractivity contribution in [2.24, 2.45) is 0 Å². The highest BCUT2D eigenvalue weighted by molar-refractivity contribution is 5.75. The van der Waals surface area contributed by atoms with E-state index in [1.54, 1.807) is 0 Å². The van der Waals surface area contributed by atoms with E-state index in [2.05, 4.69) is 22.5 Å². The minimum absolute atomic E-state index is 0.0253. The van der Waals surface area contributed by atoms with Gasteiger partial charge in [0.2, 0.25) is 0 Å². The van der Waals surface area contributed by atoms with E-state index in [1.807, 2.05) is 13.8 Å². The van der Waals surface area contributed by atoms with E-state index in [0.29, 0.717) is 0 Å². The summed E-state index contributed by atoms with van der Waals surface area (Å²) >= 11 is 0. The van der Waals surface area contributed by atoms with Crippen LogP contribution < -0.4 is 10.6 Å². The molecule has 0 saturated carbocycles. The number of carbonyl (C=O) groups is 1. The molecule has 1 heterocycles. The number of carbonyl (C=O) groups excluding carboxylic acids is 1. The first-order valence-corrected chi connectivity index (χ1v) is 7.45. The lowest BCUT2D eigenvalue weighted by Gasteiger charge is -2.33. The molecule has 1 fully saturated rings. The highest BCUT2D eigenvalue weighted by Crippen LogP contribution is 2.12. The Bertz CT molecular complexity index is 278. The summed E-state index contributed by atoms with van der Waals surface area (Å²) in [5.41, 5.74) is -0.511. The van der Waals surface area contributed by atoms with Crippen molar-refractivity contribution in [2.45, 2.75) is 58.0 Å². The molecular formula is C14H29N3O2. The van der Waals surface area contributed by atoms with Gasteiger partial charge >= 0.3 is 6.03 Å². The van der Waals surface area contributed by atoms with Crippen LogP contribution in [0.25, 0.3) is 0 Å². The summed E-state index contributed by atoms with van der Waals surface area (Å²) in [4.78, 5) is 14.4. The quantitative estimate of drug-likeness (QED) is 0.683. The van der Waals surface area contributed by atoms with Gasteiger partial charge in [0, 0.05) is 19.1 Å². The summed E-state index contributed by atoms with van der Waals surface area (Å²) in [5, 5.41) is 15.3. The van der Waals surface area contributed by atoms with Crippen LogP contribution in [0, 0.1) is 0 Å². The lowest BCUT2D eigenvalue weighted by atomic mass is 9.97. The maximum Gasteiger partial charge on any atom is 0.315 e. The average molecular weight is 271 g/mol. The van der Waals surface area contributed by atoms with Crippen LogP contribution in [0.1, 0.15) is 46.5 Å². The summed E-state index contributed by atoms with van der Waals surface area (Å²) in [7, 11) is 0. The Labute approximate surface area is 116 Å². The molecule has 0 aromatic rings. The minimum atomic E-state index is -0.511. The topological polar surface area (TPSA) is 64.6 Å². The smallest absolute Gasteiger partial charge is 0.315 e. The van der Waals surface area contributed by atoms with E-state index >= 15 is 0 Å². The zero-order valence-electron chi connectivity index (χ0n) is 12.5. The Balaban J connectivity index is 2.35. The monoisotopic (exact) mass is 271 g/mol. The number of nitrogens with zero attached hydrogens (tertiary/aromatic N) is 1. The second-order valence-corrected chi connectivity index (χ2v) is 5.78. The van der Waals surface area contributed by atoms with Gasteiger partial charge in [0.05, 0.1) is 12.1 Å². The molecule has 0 spiro atoms. The summed E-state index contributed by atoms with van der Waals surface area (Å²) in [6.07, 6.45) is 3.73. The summed E-state index contributed by atoms with van der Waals surface area (Å²) in [5.74, 6) is 0. The fraction of sp³-hybridized carbons (Fsp3) is 0.929. The van der Waals surface area contributed by atoms with Gasteiger partial charge in [-0.1, -0.05) is 20.3 Å². The van der Waals surface area contributed by atoms with Crippen LogP contribution in [-0.4, -0.2) is 53.9 Å². The van der Waals surface area contributed by atoms with Crippen LogP contribution in [-0.2, 0) is 0 Å². The van der Waals surface area contributed by atoms with E-state index in [4.69, 9.17) is 0 Å². The molecule has 5 heteroatoms. The van der Waals surface area contributed by atoms with E-state index < -0.39 is 5.54 Å². The number of aliphatic hydroxyl groups excluding tert-OH is 1. The van der Waals surface area contributed by atoms with Crippen LogP contribution in [0.3, 0.4) is 0 Å². The number of piperidine rings is 1. The average Bonchev–Trinajstić information content (AvgIpc) is 2.39. The van der Waals surface area contributed by atoms with Gasteiger partial charge < -0.3 is 20.6 Å². The Morgan fingerprint density at radius 2 is 2.00 bits per heavy atom. The Morgan fingerprint density at radius 3 is 2.47 bits per heavy atom. The number of urea groups is 1. The SMILES string of the molecule is CCCC(C)(CO)NC(=O)NC1CCN(CC)CC1. The first-order chi connectivity index (χ1) is 9.03. The zero-order valence-corrected chi connectivity index (χ0v) is 12.5. The second kappa shape index (κ2) is 7.70. The number of likely N-dealkylation sites (tertiary alicyclic amines) is 1. The van der Waals surface area contributed by atoms with Gasteiger partial charge in [0.1, 0.15) is 0 Å². The van der Waals surface area contributed by atoms with E-state index in [9.17, 15) is 9.90 Å². The van der Waals surface area contributed by atoms with Crippen LogP contribution in [0.5, 0.6) is 0 Å². The Hall–Kier alpha value is -0.810. The van der Waals surface area contributed by atoms with Crippen molar-refractivity contribution in [3.05, 3.63) is 0 Å². The molecule has 0 aromatic carbocycles. The van der Waals surface area contributed by atoms with Gasteiger partial charge in [-0.15, -0.1) is 0 Å². The number of aliphatic hydroxyl groups is 1. The van der Waals surface area contributed by atoms with Crippen molar-refractivity contribution < 1.29 is 9.90 Å². The predicted molar refractivity (Wildman–Crippen MR) is 77.2 cm³/mol. The molecule has 5 nitrogen and oxygen atoms in total. The second-order valence-electron chi connectivity index (χ2n) is 5.78. The molecule has 1 atom stereocenters. The molecule has 1 saturated heterocycles. The van der Waals surface area contributed by atoms with Gasteiger partial charge in [-0.25, -0.2) is 4.79 Å². The Morgan fingerprint density at radius 1 is 1.37 bits per heavy atom. The molecule has 3 N–H and O–H groups in total. The lowest BCUT2D eigenvalue weighted by molar-refractivity contribution is 0.157. The predicted octanol–water partition coefficient (Wildman–Crippen LogP) is 1.32. The third-order valence-corrected chi connectivity index (χ3v) is 3.94. The molecular weight excluding hydrogens is 242 g/mol. The van der Waals surface area contributed by atoms with Gasteiger partial charge in [-0.3, -0.25) is 0 Å². The third-order valence-electron chi connectivity index (χ3n) is 3.94. The van der Waals surface area contributed by atoms with Crippen LogP contribution >= 0.6 is 0 Å². The minimum Gasteiger partial charge on any atom is -0.394 e. The summed E-state index contributed by atoms with van der Waals surface area (Å²) in [6, 6.07) is 0.104. The fourth-order valence-corrected chi connectivity index (χ4v) is 2.62. The first-order valence-electron chi connectivity index (χ1n) is 7.45. The van der Waals surface area contributed by atoms with Gasteiger partial charge in [-0.2, -0.15) is 0 Å².